The Balaban J connectivity index is 1.54. The summed E-state index contributed by atoms with van der Waals surface area (Å²) in [7, 11) is -3.52. The molecule has 0 saturated carbocycles. The van der Waals surface area contributed by atoms with Crippen molar-refractivity contribution >= 4 is 37.9 Å². The van der Waals surface area contributed by atoms with E-state index in [9.17, 15) is 13.2 Å². The summed E-state index contributed by atoms with van der Waals surface area (Å²) >= 11 is 3.36. The molecule has 2 aromatic rings. The quantitative estimate of drug-likeness (QED) is 0.638. The van der Waals surface area contributed by atoms with Crippen LogP contribution in [0, 0.1) is 0 Å². The van der Waals surface area contributed by atoms with Crippen LogP contribution in [0.15, 0.2) is 64.5 Å². The van der Waals surface area contributed by atoms with Gasteiger partial charge in [0.25, 0.3) is 5.91 Å². The molecule has 29 heavy (non-hydrogen) atoms. The Bertz CT molecular complexity index is 954. The number of carbonyl (C=O) groups excluding carboxylic acids is 1. The predicted octanol–water partition coefficient (Wildman–Crippen LogP) is 3.36. The van der Waals surface area contributed by atoms with E-state index < -0.39 is 16.1 Å². The molecule has 0 spiro atoms. The van der Waals surface area contributed by atoms with Crippen LogP contribution in [0.4, 0.5) is 0 Å². The predicted molar refractivity (Wildman–Crippen MR) is 117 cm³/mol. The van der Waals surface area contributed by atoms with E-state index in [0.29, 0.717) is 18.8 Å². The minimum absolute atomic E-state index is 0.148. The number of benzene rings is 2. The zero-order chi connectivity index (χ0) is 20.9. The van der Waals surface area contributed by atoms with E-state index in [1.807, 2.05) is 42.5 Å². The number of amides is 1. The molecule has 0 bridgehead atoms. The number of nitrogens with zero attached hydrogens (tertiary/aromatic N) is 2. The number of rotatable bonds is 6. The van der Waals surface area contributed by atoms with Crippen molar-refractivity contribution < 1.29 is 17.9 Å². The van der Waals surface area contributed by atoms with Gasteiger partial charge in [0.05, 0.1) is 0 Å². The second-order valence-electron chi connectivity index (χ2n) is 6.70. The number of ether oxygens (including phenoxy) is 1. The van der Waals surface area contributed by atoms with E-state index in [4.69, 9.17) is 4.74 Å². The summed E-state index contributed by atoms with van der Waals surface area (Å²) in [5, 5.41) is 1.22. The van der Waals surface area contributed by atoms with E-state index >= 15 is 0 Å². The fraction of sp³-hybridized carbons (Fsp3) is 0.286. The second-order valence-corrected chi connectivity index (χ2v) is 9.43. The highest BCUT2D eigenvalue weighted by Gasteiger charge is 2.30. The lowest BCUT2D eigenvalue weighted by atomic mass is 10.2. The molecule has 3 rings (SSSR count). The Morgan fingerprint density at radius 2 is 1.66 bits per heavy atom. The first kappa shape index (κ1) is 21.5. The maximum atomic E-state index is 12.6. The number of sulfonamides is 1. The third-order valence-corrected chi connectivity index (χ3v) is 6.71. The molecular formula is C21H23BrN2O4S. The number of halogens is 1. The van der Waals surface area contributed by atoms with Crippen LogP contribution in [0.5, 0.6) is 5.75 Å². The summed E-state index contributed by atoms with van der Waals surface area (Å²) < 4.78 is 33.1. The average Bonchev–Trinajstić information content (AvgIpc) is 2.74. The Hall–Kier alpha value is -2.16. The molecule has 1 aliphatic heterocycles. The van der Waals surface area contributed by atoms with Gasteiger partial charge in [-0.2, -0.15) is 4.31 Å². The molecule has 0 aliphatic carbocycles. The summed E-state index contributed by atoms with van der Waals surface area (Å²) in [4.78, 5) is 14.3. The van der Waals surface area contributed by atoms with Crippen molar-refractivity contribution in [2.24, 2.45) is 0 Å². The lowest BCUT2D eigenvalue weighted by Gasteiger charge is -2.34. The maximum absolute atomic E-state index is 12.6. The molecule has 1 saturated heterocycles. The van der Waals surface area contributed by atoms with Crippen molar-refractivity contribution in [2.75, 3.05) is 26.2 Å². The molecule has 2 aromatic carbocycles. The number of carbonyl (C=O) groups is 1. The van der Waals surface area contributed by atoms with Gasteiger partial charge in [0.2, 0.25) is 10.0 Å². The molecule has 1 amide bonds. The van der Waals surface area contributed by atoms with Gasteiger partial charge in [-0.1, -0.05) is 46.3 Å². The van der Waals surface area contributed by atoms with Crippen molar-refractivity contribution in [3.8, 4) is 5.75 Å². The Kier molecular flexibility index (Phi) is 7.10. The third kappa shape index (κ3) is 5.91. The minimum atomic E-state index is -3.52. The molecule has 1 atom stereocenters. The summed E-state index contributed by atoms with van der Waals surface area (Å²) in [5.41, 5.74) is 0.823. The first-order valence-corrected chi connectivity index (χ1v) is 11.6. The molecular weight excluding hydrogens is 456 g/mol. The summed E-state index contributed by atoms with van der Waals surface area (Å²) in [5.74, 6) is 0.464. The molecule has 0 radical (unpaired) electrons. The van der Waals surface area contributed by atoms with E-state index in [0.717, 1.165) is 10.0 Å². The molecule has 1 aliphatic rings. The van der Waals surface area contributed by atoms with Crippen molar-refractivity contribution in [2.45, 2.75) is 13.0 Å². The Labute approximate surface area is 180 Å². The zero-order valence-corrected chi connectivity index (χ0v) is 18.5. The highest BCUT2D eigenvalue weighted by atomic mass is 79.9. The van der Waals surface area contributed by atoms with Gasteiger partial charge in [0.15, 0.2) is 6.10 Å². The fourth-order valence-corrected chi connectivity index (χ4v) is 4.44. The second kappa shape index (κ2) is 9.56. The number of hydrogen-bond donors (Lipinski definition) is 0. The molecule has 8 heteroatoms. The van der Waals surface area contributed by atoms with Crippen LogP contribution in [0.2, 0.25) is 0 Å². The first-order chi connectivity index (χ1) is 13.8. The summed E-state index contributed by atoms with van der Waals surface area (Å²) in [6.45, 7) is 2.91. The molecule has 6 nitrogen and oxygen atoms in total. The minimum Gasteiger partial charge on any atom is -0.481 e. The van der Waals surface area contributed by atoms with Crippen LogP contribution in [-0.2, 0) is 14.8 Å². The lowest BCUT2D eigenvalue weighted by molar-refractivity contribution is -0.139. The molecule has 0 N–H and O–H groups in total. The van der Waals surface area contributed by atoms with Crippen LogP contribution in [-0.4, -0.2) is 55.8 Å². The van der Waals surface area contributed by atoms with E-state index in [1.54, 1.807) is 30.0 Å². The van der Waals surface area contributed by atoms with Crippen molar-refractivity contribution in [1.82, 2.24) is 9.21 Å². The van der Waals surface area contributed by atoms with Crippen LogP contribution in [0.25, 0.3) is 6.08 Å². The zero-order valence-electron chi connectivity index (χ0n) is 16.1. The monoisotopic (exact) mass is 478 g/mol. The maximum Gasteiger partial charge on any atom is 0.263 e. The van der Waals surface area contributed by atoms with Gasteiger partial charge >= 0.3 is 0 Å². The van der Waals surface area contributed by atoms with Gasteiger partial charge < -0.3 is 9.64 Å². The van der Waals surface area contributed by atoms with Gasteiger partial charge in [-0.05, 0) is 42.8 Å². The van der Waals surface area contributed by atoms with E-state index in [-0.39, 0.29) is 19.0 Å². The SMILES string of the molecule is CC(Oc1ccc(Br)cc1)C(=O)N1CCN(S(=O)(=O)/C=C/c2ccccc2)CC1. The Morgan fingerprint density at radius 1 is 1.03 bits per heavy atom. The number of hydrogen-bond acceptors (Lipinski definition) is 4. The van der Waals surface area contributed by atoms with E-state index in [2.05, 4.69) is 15.9 Å². The van der Waals surface area contributed by atoms with Crippen LogP contribution in [0.3, 0.4) is 0 Å². The van der Waals surface area contributed by atoms with Crippen LogP contribution < -0.4 is 4.74 Å². The molecule has 0 aromatic heterocycles. The third-order valence-electron chi connectivity index (χ3n) is 4.62. The summed E-state index contributed by atoms with van der Waals surface area (Å²) in [6, 6.07) is 16.5. The Morgan fingerprint density at radius 3 is 2.28 bits per heavy atom. The molecule has 1 heterocycles. The molecule has 154 valence electrons. The van der Waals surface area contributed by atoms with Gasteiger partial charge in [0.1, 0.15) is 5.75 Å². The average molecular weight is 479 g/mol. The van der Waals surface area contributed by atoms with Crippen molar-refractivity contribution in [3.63, 3.8) is 0 Å². The molecule has 1 fully saturated rings. The largest absolute Gasteiger partial charge is 0.481 e. The smallest absolute Gasteiger partial charge is 0.263 e. The normalized spacial score (nSPS) is 16.7. The van der Waals surface area contributed by atoms with E-state index in [1.165, 1.54) is 9.71 Å². The number of piperazine rings is 1. The standard InChI is InChI=1S/C21H23BrN2O4S/c1-17(28-20-9-7-19(22)8-10-20)21(25)23-12-14-24(15-13-23)29(26,27)16-11-18-5-3-2-4-6-18/h2-11,16-17H,12-15H2,1H3/b16-11+. The topological polar surface area (TPSA) is 66.9 Å². The van der Waals surface area contributed by atoms with Crippen molar-refractivity contribution in [1.29, 1.82) is 0 Å². The fourth-order valence-electron chi connectivity index (χ4n) is 3.00. The highest BCUT2D eigenvalue weighted by Crippen LogP contribution is 2.18. The van der Waals surface area contributed by atoms with Gasteiger partial charge in [-0.15, -0.1) is 0 Å². The molecule has 1 unspecified atom stereocenters. The van der Waals surface area contributed by atoms with Gasteiger partial charge in [-0.3, -0.25) is 4.79 Å². The van der Waals surface area contributed by atoms with Gasteiger partial charge in [0, 0.05) is 36.1 Å². The van der Waals surface area contributed by atoms with Crippen molar-refractivity contribution in [3.05, 3.63) is 70.0 Å². The lowest BCUT2D eigenvalue weighted by Crippen LogP contribution is -2.52. The van der Waals surface area contributed by atoms with Crippen LogP contribution >= 0.6 is 15.9 Å². The first-order valence-electron chi connectivity index (χ1n) is 9.29. The highest BCUT2D eigenvalue weighted by molar-refractivity contribution is 9.10. The van der Waals surface area contributed by atoms with Crippen LogP contribution in [0.1, 0.15) is 12.5 Å². The van der Waals surface area contributed by atoms with Gasteiger partial charge in [-0.25, -0.2) is 8.42 Å². The summed E-state index contributed by atoms with van der Waals surface area (Å²) in [6.07, 6.45) is 0.943.